The summed E-state index contributed by atoms with van der Waals surface area (Å²) in [5, 5.41) is 19.8. The number of carboxylic acid groups (broad SMARTS) is 1. The van der Waals surface area contributed by atoms with Crippen LogP contribution in [0, 0.1) is 0 Å². The number of aliphatic hydroxyl groups excluding tert-OH is 1. The molecule has 1 rings (SSSR count). The Morgan fingerprint density at radius 1 is 1.44 bits per heavy atom. The highest BCUT2D eigenvalue weighted by Gasteiger charge is 2.27. The number of likely N-dealkylation sites (N-methyl/N-ethyl adjacent to an activating group) is 1. The smallest absolute Gasteiger partial charge is 0.326 e. The number of urea groups is 1. The van der Waals surface area contributed by atoms with Gasteiger partial charge in [0.2, 0.25) is 5.91 Å². The number of amides is 3. The molecule has 1 aliphatic rings. The molecule has 1 heterocycles. The first-order valence-electron chi connectivity index (χ1n) is 5.58. The number of hydrogen-bond donors (Lipinski definition) is 3. The van der Waals surface area contributed by atoms with Crippen LogP contribution in [0.1, 0.15) is 6.42 Å². The van der Waals surface area contributed by atoms with Crippen LogP contribution >= 0.6 is 0 Å². The SMILES string of the molecule is CN1CCN(C(=O)N[C@@H](CCO)C(=O)O)CC1=O. The summed E-state index contributed by atoms with van der Waals surface area (Å²) >= 11 is 0. The van der Waals surface area contributed by atoms with E-state index < -0.39 is 18.0 Å². The van der Waals surface area contributed by atoms with Gasteiger partial charge >= 0.3 is 12.0 Å². The number of carbonyl (C=O) groups is 3. The van der Waals surface area contributed by atoms with E-state index in [2.05, 4.69) is 5.32 Å². The first-order valence-corrected chi connectivity index (χ1v) is 5.58. The Balaban J connectivity index is 2.54. The van der Waals surface area contributed by atoms with Crippen LogP contribution in [0.4, 0.5) is 4.79 Å². The molecular weight excluding hydrogens is 242 g/mol. The molecule has 0 radical (unpaired) electrons. The highest BCUT2D eigenvalue weighted by atomic mass is 16.4. The minimum Gasteiger partial charge on any atom is -0.480 e. The topological polar surface area (TPSA) is 110 Å². The lowest BCUT2D eigenvalue weighted by Gasteiger charge is -2.32. The number of carbonyl (C=O) groups excluding carboxylic acids is 2. The maximum atomic E-state index is 11.7. The van der Waals surface area contributed by atoms with E-state index in [1.54, 1.807) is 7.05 Å². The van der Waals surface area contributed by atoms with Crippen molar-refractivity contribution in [2.45, 2.75) is 12.5 Å². The molecule has 0 aromatic rings. The summed E-state index contributed by atoms with van der Waals surface area (Å²) in [5.41, 5.74) is 0. The van der Waals surface area contributed by atoms with E-state index in [-0.39, 0.29) is 25.5 Å². The number of nitrogens with zero attached hydrogens (tertiary/aromatic N) is 2. The molecule has 1 aliphatic heterocycles. The van der Waals surface area contributed by atoms with Gasteiger partial charge in [-0.25, -0.2) is 9.59 Å². The van der Waals surface area contributed by atoms with E-state index in [1.165, 1.54) is 9.80 Å². The van der Waals surface area contributed by atoms with E-state index in [9.17, 15) is 14.4 Å². The Hall–Kier alpha value is -1.83. The van der Waals surface area contributed by atoms with Crippen LogP contribution in [-0.4, -0.2) is 77.3 Å². The minimum absolute atomic E-state index is 0.0617. The molecule has 1 saturated heterocycles. The molecule has 0 saturated carbocycles. The van der Waals surface area contributed by atoms with Crippen LogP contribution in [0.2, 0.25) is 0 Å². The van der Waals surface area contributed by atoms with Gasteiger partial charge in [-0.3, -0.25) is 4.79 Å². The standard InChI is InChI=1S/C10H17N3O5/c1-12-3-4-13(6-8(12)15)10(18)11-7(2-5-14)9(16)17/h7,14H,2-6H2,1H3,(H,11,18)(H,16,17)/t7-/m0/s1. The van der Waals surface area contributed by atoms with Gasteiger partial charge < -0.3 is 25.3 Å². The molecule has 3 amide bonds. The van der Waals surface area contributed by atoms with Crippen molar-refractivity contribution in [3.8, 4) is 0 Å². The molecule has 3 N–H and O–H groups in total. The summed E-state index contributed by atoms with van der Waals surface area (Å²) in [6, 6.07) is -1.74. The maximum Gasteiger partial charge on any atom is 0.326 e. The van der Waals surface area contributed by atoms with Gasteiger partial charge in [0, 0.05) is 33.2 Å². The number of rotatable bonds is 4. The highest BCUT2D eigenvalue weighted by molar-refractivity contribution is 5.87. The molecule has 0 spiro atoms. The molecule has 8 heteroatoms. The van der Waals surface area contributed by atoms with Gasteiger partial charge in [-0.05, 0) is 0 Å². The largest absolute Gasteiger partial charge is 0.480 e. The van der Waals surface area contributed by atoms with Gasteiger partial charge in [0.05, 0.1) is 0 Å². The summed E-state index contributed by atoms with van der Waals surface area (Å²) < 4.78 is 0. The number of aliphatic carboxylic acids is 1. The quantitative estimate of drug-likeness (QED) is 0.557. The molecule has 8 nitrogen and oxygen atoms in total. The van der Waals surface area contributed by atoms with Crippen molar-refractivity contribution >= 4 is 17.9 Å². The molecule has 0 unspecified atom stereocenters. The van der Waals surface area contributed by atoms with Crippen molar-refractivity contribution in [3.05, 3.63) is 0 Å². The first-order chi connectivity index (χ1) is 8.45. The van der Waals surface area contributed by atoms with Crippen molar-refractivity contribution in [3.63, 3.8) is 0 Å². The second-order valence-electron chi connectivity index (χ2n) is 4.09. The van der Waals surface area contributed by atoms with Crippen molar-refractivity contribution in [2.24, 2.45) is 0 Å². The summed E-state index contributed by atoms with van der Waals surface area (Å²) in [6.45, 7) is 0.385. The van der Waals surface area contributed by atoms with Crippen LogP contribution in [0.15, 0.2) is 0 Å². The number of aliphatic hydroxyl groups is 1. The second kappa shape index (κ2) is 6.20. The fourth-order valence-electron chi connectivity index (χ4n) is 1.56. The lowest BCUT2D eigenvalue weighted by Crippen LogP contribution is -2.56. The number of hydrogen-bond acceptors (Lipinski definition) is 4. The lowest BCUT2D eigenvalue weighted by atomic mass is 10.2. The van der Waals surface area contributed by atoms with Gasteiger partial charge in [-0.1, -0.05) is 0 Å². The average molecular weight is 259 g/mol. The molecule has 18 heavy (non-hydrogen) atoms. The Morgan fingerprint density at radius 3 is 2.61 bits per heavy atom. The van der Waals surface area contributed by atoms with Crippen LogP contribution in [0.5, 0.6) is 0 Å². The third-order valence-corrected chi connectivity index (χ3v) is 2.76. The van der Waals surface area contributed by atoms with Gasteiger partial charge in [0.25, 0.3) is 0 Å². The molecular formula is C10H17N3O5. The molecule has 102 valence electrons. The van der Waals surface area contributed by atoms with Gasteiger partial charge in [0.15, 0.2) is 0 Å². The van der Waals surface area contributed by atoms with Gasteiger partial charge in [-0.2, -0.15) is 0 Å². The molecule has 1 atom stereocenters. The van der Waals surface area contributed by atoms with E-state index in [0.29, 0.717) is 13.1 Å². The van der Waals surface area contributed by atoms with Crippen LogP contribution in [-0.2, 0) is 9.59 Å². The average Bonchev–Trinajstić information content (AvgIpc) is 2.31. The third kappa shape index (κ3) is 3.59. The minimum atomic E-state index is -1.21. The summed E-state index contributed by atoms with van der Waals surface area (Å²) in [7, 11) is 1.64. The Kier molecular flexibility index (Phi) is 4.90. The van der Waals surface area contributed by atoms with Crippen molar-refractivity contribution in [1.29, 1.82) is 0 Å². The molecule has 0 aromatic heterocycles. The predicted octanol–water partition coefficient (Wildman–Crippen LogP) is -1.69. The van der Waals surface area contributed by atoms with Gasteiger partial charge in [-0.15, -0.1) is 0 Å². The van der Waals surface area contributed by atoms with E-state index in [0.717, 1.165) is 0 Å². The van der Waals surface area contributed by atoms with Crippen molar-refractivity contribution in [2.75, 3.05) is 33.3 Å². The van der Waals surface area contributed by atoms with E-state index in [4.69, 9.17) is 10.2 Å². The highest BCUT2D eigenvalue weighted by Crippen LogP contribution is 2.02. The summed E-state index contributed by atoms with van der Waals surface area (Å²) in [4.78, 5) is 36.7. The normalized spacial score (nSPS) is 17.6. The molecule has 1 fully saturated rings. The summed E-state index contributed by atoms with van der Waals surface area (Å²) in [6.07, 6.45) is -0.0667. The van der Waals surface area contributed by atoms with Crippen molar-refractivity contribution in [1.82, 2.24) is 15.1 Å². The second-order valence-corrected chi connectivity index (χ2v) is 4.09. The first kappa shape index (κ1) is 14.2. The van der Waals surface area contributed by atoms with Gasteiger partial charge in [0.1, 0.15) is 12.6 Å². The number of piperazine rings is 1. The fraction of sp³-hybridized carbons (Fsp3) is 0.700. The fourth-order valence-corrected chi connectivity index (χ4v) is 1.56. The molecule has 0 bridgehead atoms. The predicted molar refractivity (Wildman–Crippen MR) is 60.9 cm³/mol. The number of carboxylic acids is 1. The third-order valence-electron chi connectivity index (χ3n) is 2.76. The zero-order valence-electron chi connectivity index (χ0n) is 10.1. The lowest BCUT2D eigenvalue weighted by molar-refractivity contribution is -0.139. The Labute approximate surface area is 104 Å². The zero-order chi connectivity index (χ0) is 13.7. The zero-order valence-corrected chi connectivity index (χ0v) is 10.1. The van der Waals surface area contributed by atoms with E-state index in [1.807, 2.05) is 0 Å². The van der Waals surface area contributed by atoms with Crippen LogP contribution in [0.25, 0.3) is 0 Å². The van der Waals surface area contributed by atoms with Crippen LogP contribution < -0.4 is 5.32 Å². The summed E-state index contributed by atoms with van der Waals surface area (Å²) in [5.74, 6) is -1.40. The monoisotopic (exact) mass is 259 g/mol. The Morgan fingerprint density at radius 2 is 2.11 bits per heavy atom. The van der Waals surface area contributed by atoms with Crippen molar-refractivity contribution < 1.29 is 24.6 Å². The van der Waals surface area contributed by atoms with E-state index >= 15 is 0 Å². The maximum absolute atomic E-state index is 11.7. The van der Waals surface area contributed by atoms with Crippen LogP contribution in [0.3, 0.4) is 0 Å². The Bertz CT molecular complexity index is 346. The molecule has 0 aliphatic carbocycles. The molecule has 0 aromatic carbocycles. The number of nitrogens with one attached hydrogen (secondary N) is 1.